The number of aliphatic hydroxyl groups excluding tert-OH is 1. The highest BCUT2D eigenvalue weighted by Crippen LogP contribution is 2.14. The van der Waals surface area contributed by atoms with E-state index in [0.717, 1.165) is 0 Å². The number of aliphatic carboxylic acids is 1. The first kappa shape index (κ1) is 32.1. The lowest BCUT2D eigenvalue weighted by molar-refractivity contribution is -0.142. The van der Waals surface area contributed by atoms with Crippen molar-refractivity contribution in [3.8, 4) is 11.5 Å². The average molecular weight is 559 g/mol. The Morgan fingerprint density at radius 2 is 1.10 bits per heavy atom. The first-order valence-corrected chi connectivity index (χ1v) is 12.9. The SMILES string of the molecule is CC(C)CC(NC(=O)C(Cc1ccc(O)cc1)NC(=O)C(N)C(C)O)C(=O)NC(Cc1ccc(O)cc1)C(=O)O. The van der Waals surface area contributed by atoms with E-state index in [0.29, 0.717) is 11.1 Å². The first-order chi connectivity index (χ1) is 18.8. The van der Waals surface area contributed by atoms with E-state index >= 15 is 0 Å². The van der Waals surface area contributed by atoms with Crippen molar-refractivity contribution in [3.63, 3.8) is 0 Å². The zero-order chi connectivity index (χ0) is 30.0. The van der Waals surface area contributed by atoms with Crippen LogP contribution in [0.2, 0.25) is 0 Å². The van der Waals surface area contributed by atoms with E-state index in [1.54, 1.807) is 24.3 Å². The number of nitrogens with two attached hydrogens (primary N) is 1. The third-order valence-corrected chi connectivity index (χ3v) is 6.16. The van der Waals surface area contributed by atoms with Gasteiger partial charge in [-0.25, -0.2) is 4.79 Å². The van der Waals surface area contributed by atoms with Gasteiger partial charge in [-0.05, 0) is 54.7 Å². The second kappa shape index (κ2) is 14.8. The van der Waals surface area contributed by atoms with Gasteiger partial charge in [-0.15, -0.1) is 0 Å². The van der Waals surface area contributed by atoms with Crippen LogP contribution in [0, 0.1) is 5.92 Å². The highest BCUT2D eigenvalue weighted by Gasteiger charge is 2.31. The number of carboxylic acids is 1. The molecule has 0 bridgehead atoms. The summed E-state index contributed by atoms with van der Waals surface area (Å²) < 4.78 is 0. The number of nitrogens with one attached hydrogen (secondary N) is 3. The zero-order valence-electron chi connectivity index (χ0n) is 22.7. The summed E-state index contributed by atoms with van der Waals surface area (Å²) in [5.74, 6) is -3.53. The largest absolute Gasteiger partial charge is 0.508 e. The van der Waals surface area contributed by atoms with Crippen molar-refractivity contribution in [3.05, 3.63) is 59.7 Å². The fourth-order valence-electron chi connectivity index (χ4n) is 3.88. The van der Waals surface area contributed by atoms with Crippen LogP contribution in [0.15, 0.2) is 48.5 Å². The Hall–Kier alpha value is -4.16. The number of aliphatic hydroxyl groups is 1. The van der Waals surface area contributed by atoms with Crippen LogP contribution in [0.5, 0.6) is 11.5 Å². The predicted molar refractivity (Wildman–Crippen MR) is 146 cm³/mol. The van der Waals surface area contributed by atoms with Crippen molar-refractivity contribution in [2.45, 2.75) is 70.3 Å². The van der Waals surface area contributed by atoms with Crippen LogP contribution in [0.25, 0.3) is 0 Å². The Labute approximate surface area is 232 Å². The van der Waals surface area contributed by atoms with Gasteiger partial charge in [0.25, 0.3) is 0 Å². The number of hydrogen-bond acceptors (Lipinski definition) is 8. The standard InChI is InChI=1S/C28H38N4O8/c1-15(2)12-21(25(36)32-23(28(39)40)14-18-6-10-20(35)11-7-18)30-26(37)22(31-27(38)24(29)16(3)33)13-17-4-8-19(34)9-5-17/h4-11,15-16,21-24,33-35H,12-14,29H2,1-3H3,(H,30,37)(H,31,38)(H,32,36)(H,39,40). The molecule has 0 fully saturated rings. The zero-order valence-corrected chi connectivity index (χ0v) is 22.7. The van der Waals surface area contributed by atoms with E-state index in [-0.39, 0.29) is 36.7 Å². The van der Waals surface area contributed by atoms with Crippen LogP contribution in [-0.2, 0) is 32.0 Å². The maximum absolute atomic E-state index is 13.4. The molecule has 0 spiro atoms. The number of aromatic hydroxyl groups is 2. The lowest BCUT2D eigenvalue weighted by atomic mass is 9.99. The summed E-state index contributed by atoms with van der Waals surface area (Å²) in [6.07, 6.45) is -1.08. The molecule has 0 saturated carbocycles. The van der Waals surface area contributed by atoms with Crippen molar-refractivity contribution in [1.82, 2.24) is 16.0 Å². The molecule has 2 rings (SSSR count). The summed E-state index contributed by atoms with van der Waals surface area (Å²) in [5.41, 5.74) is 6.89. The molecule has 12 nitrogen and oxygen atoms in total. The van der Waals surface area contributed by atoms with Gasteiger partial charge in [-0.1, -0.05) is 38.1 Å². The van der Waals surface area contributed by atoms with E-state index in [9.17, 15) is 39.6 Å². The monoisotopic (exact) mass is 558 g/mol. The predicted octanol–water partition coefficient (Wildman–Crippen LogP) is 0.176. The summed E-state index contributed by atoms with van der Waals surface area (Å²) in [6, 6.07) is 6.93. The van der Waals surface area contributed by atoms with Crippen molar-refractivity contribution in [2.24, 2.45) is 11.7 Å². The summed E-state index contributed by atoms with van der Waals surface area (Å²) in [7, 11) is 0. The molecule has 0 radical (unpaired) electrons. The number of carbonyl (C=O) groups is 4. The Balaban J connectivity index is 2.24. The molecule has 5 unspecified atom stereocenters. The summed E-state index contributed by atoms with van der Waals surface area (Å²) in [5, 5.41) is 46.0. The van der Waals surface area contributed by atoms with Crippen molar-refractivity contribution in [2.75, 3.05) is 0 Å². The van der Waals surface area contributed by atoms with Gasteiger partial charge < -0.3 is 42.1 Å². The average Bonchev–Trinajstić information content (AvgIpc) is 2.88. The fourth-order valence-corrected chi connectivity index (χ4v) is 3.88. The minimum atomic E-state index is -1.31. The Morgan fingerprint density at radius 3 is 1.52 bits per heavy atom. The topological polar surface area (TPSA) is 211 Å². The minimum Gasteiger partial charge on any atom is -0.508 e. The number of rotatable bonds is 14. The van der Waals surface area contributed by atoms with Crippen LogP contribution in [-0.4, -0.2) is 74.4 Å². The maximum atomic E-state index is 13.4. The first-order valence-electron chi connectivity index (χ1n) is 12.9. The lowest BCUT2D eigenvalue weighted by Crippen LogP contribution is -2.59. The normalized spacial score (nSPS) is 14.8. The smallest absolute Gasteiger partial charge is 0.326 e. The number of phenols is 2. The molecule has 3 amide bonds. The molecule has 12 heteroatoms. The molecule has 218 valence electrons. The van der Waals surface area contributed by atoms with Gasteiger partial charge >= 0.3 is 5.97 Å². The van der Waals surface area contributed by atoms with Crippen molar-refractivity contribution in [1.29, 1.82) is 0 Å². The fraction of sp³-hybridized carbons (Fsp3) is 0.429. The molecule has 40 heavy (non-hydrogen) atoms. The van der Waals surface area contributed by atoms with Gasteiger partial charge in [0.05, 0.1) is 6.10 Å². The Kier molecular flexibility index (Phi) is 11.9. The molecule has 5 atom stereocenters. The summed E-state index contributed by atoms with van der Waals surface area (Å²) in [4.78, 5) is 51.1. The minimum absolute atomic E-state index is 0.0128. The van der Waals surface area contributed by atoms with Gasteiger partial charge in [0.1, 0.15) is 35.7 Å². The van der Waals surface area contributed by atoms with E-state index in [4.69, 9.17) is 5.73 Å². The van der Waals surface area contributed by atoms with Crippen LogP contribution in [0.3, 0.4) is 0 Å². The van der Waals surface area contributed by atoms with Crippen LogP contribution < -0.4 is 21.7 Å². The molecule has 2 aromatic carbocycles. The van der Waals surface area contributed by atoms with Crippen molar-refractivity contribution >= 4 is 23.7 Å². The number of hydrogen-bond donors (Lipinski definition) is 8. The quantitative estimate of drug-likeness (QED) is 0.159. The highest BCUT2D eigenvalue weighted by molar-refractivity contribution is 5.94. The van der Waals surface area contributed by atoms with E-state index in [1.165, 1.54) is 31.2 Å². The van der Waals surface area contributed by atoms with Gasteiger partial charge in [0.2, 0.25) is 17.7 Å². The summed E-state index contributed by atoms with van der Waals surface area (Å²) >= 11 is 0. The molecular weight excluding hydrogens is 520 g/mol. The van der Waals surface area contributed by atoms with Gasteiger partial charge in [-0.3, -0.25) is 14.4 Å². The lowest BCUT2D eigenvalue weighted by Gasteiger charge is -2.26. The van der Waals surface area contributed by atoms with Gasteiger partial charge in [-0.2, -0.15) is 0 Å². The molecule has 0 aliphatic carbocycles. The number of carbonyl (C=O) groups excluding carboxylic acids is 3. The Bertz CT molecular complexity index is 1150. The molecule has 9 N–H and O–H groups in total. The van der Waals surface area contributed by atoms with Crippen LogP contribution in [0.4, 0.5) is 0 Å². The molecule has 0 aliphatic heterocycles. The van der Waals surface area contributed by atoms with Crippen molar-refractivity contribution < 1.29 is 39.6 Å². The highest BCUT2D eigenvalue weighted by atomic mass is 16.4. The van der Waals surface area contributed by atoms with Crippen LogP contribution >= 0.6 is 0 Å². The molecular formula is C28H38N4O8. The maximum Gasteiger partial charge on any atom is 0.326 e. The number of amides is 3. The third-order valence-electron chi connectivity index (χ3n) is 6.16. The van der Waals surface area contributed by atoms with Gasteiger partial charge in [0, 0.05) is 12.8 Å². The number of carboxylic acid groups (broad SMARTS) is 1. The molecule has 0 aromatic heterocycles. The Morgan fingerprint density at radius 1 is 0.700 bits per heavy atom. The number of benzene rings is 2. The molecule has 0 heterocycles. The van der Waals surface area contributed by atoms with E-state index in [2.05, 4.69) is 16.0 Å². The van der Waals surface area contributed by atoms with Gasteiger partial charge in [0.15, 0.2) is 0 Å². The number of phenolic OH excluding ortho intramolecular Hbond substituents is 2. The second-order valence-corrected chi connectivity index (χ2v) is 10.2. The van der Waals surface area contributed by atoms with E-state index < -0.39 is 54.0 Å². The van der Waals surface area contributed by atoms with E-state index in [1.807, 2.05) is 13.8 Å². The second-order valence-electron chi connectivity index (χ2n) is 10.2. The molecule has 0 aliphatic rings. The van der Waals surface area contributed by atoms with Crippen LogP contribution in [0.1, 0.15) is 38.3 Å². The molecule has 0 saturated heterocycles. The third kappa shape index (κ3) is 10.2. The molecule has 2 aromatic rings. The summed E-state index contributed by atoms with van der Waals surface area (Å²) in [6.45, 7) is 4.99.